The van der Waals surface area contributed by atoms with Gasteiger partial charge < -0.3 is 15.0 Å². The van der Waals surface area contributed by atoms with Crippen LogP contribution in [0.3, 0.4) is 0 Å². The van der Waals surface area contributed by atoms with E-state index in [-0.39, 0.29) is 18.5 Å². The van der Waals surface area contributed by atoms with Gasteiger partial charge in [0, 0.05) is 19.0 Å². The first-order valence-electron chi connectivity index (χ1n) is 15.0. The van der Waals surface area contributed by atoms with Crippen LogP contribution in [0.2, 0.25) is 0 Å². The number of carbonyl (C=O) groups is 2. The summed E-state index contributed by atoms with van der Waals surface area (Å²) in [6, 6.07) is 23.3. The van der Waals surface area contributed by atoms with E-state index in [9.17, 15) is 18.0 Å². The van der Waals surface area contributed by atoms with Gasteiger partial charge in [-0.25, -0.2) is 8.42 Å². The van der Waals surface area contributed by atoms with Crippen LogP contribution >= 0.6 is 0 Å². The van der Waals surface area contributed by atoms with E-state index in [1.165, 1.54) is 0 Å². The molecule has 3 aromatic carbocycles. The fourth-order valence-electron chi connectivity index (χ4n) is 5.59. The Morgan fingerprint density at radius 2 is 1.60 bits per heavy atom. The summed E-state index contributed by atoms with van der Waals surface area (Å²) in [4.78, 5) is 29.8. The van der Waals surface area contributed by atoms with E-state index in [4.69, 9.17) is 4.74 Å². The summed E-state index contributed by atoms with van der Waals surface area (Å²) in [5, 5.41) is 3.23. The number of rotatable bonds is 13. The van der Waals surface area contributed by atoms with Gasteiger partial charge in [0.25, 0.3) is 0 Å². The molecule has 2 amide bonds. The van der Waals surface area contributed by atoms with Crippen molar-refractivity contribution in [2.24, 2.45) is 0 Å². The van der Waals surface area contributed by atoms with Crippen LogP contribution in [0.1, 0.15) is 55.7 Å². The Labute approximate surface area is 256 Å². The molecule has 1 atom stereocenters. The molecule has 0 aromatic heterocycles. The highest BCUT2D eigenvalue weighted by molar-refractivity contribution is 7.92. The maximum absolute atomic E-state index is 14.3. The third-order valence-electron chi connectivity index (χ3n) is 7.77. The second-order valence-corrected chi connectivity index (χ2v) is 13.2. The van der Waals surface area contributed by atoms with Crippen LogP contribution in [-0.2, 0) is 32.6 Å². The SMILES string of the molecule is CCOc1ccc(N(CC(=O)N(Cc2cccc(C)c2)C(Cc2ccccc2)C(=O)NC2CCCCC2)S(C)(=O)=O)cc1. The summed E-state index contributed by atoms with van der Waals surface area (Å²) in [6.45, 7) is 4.05. The van der Waals surface area contributed by atoms with E-state index in [0.29, 0.717) is 24.5 Å². The van der Waals surface area contributed by atoms with Gasteiger partial charge in [-0.3, -0.25) is 13.9 Å². The number of nitrogens with zero attached hydrogens (tertiary/aromatic N) is 2. The summed E-state index contributed by atoms with van der Waals surface area (Å²) in [6.07, 6.45) is 6.49. The van der Waals surface area contributed by atoms with E-state index < -0.39 is 28.5 Å². The highest BCUT2D eigenvalue weighted by atomic mass is 32.2. The Morgan fingerprint density at radius 1 is 0.930 bits per heavy atom. The minimum Gasteiger partial charge on any atom is -0.494 e. The molecule has 0 radical (unpaired) electrons. The van der Waals surface area contributed by atoms with Crippen LogP contribution in [-0.4, -0.2) is 56.6 Å². The molecular formula is C34H43N3O5S. The van der Waals surface area contributed by atoms with E-state index in [1.807, 2.05) is 68.4 Å². The molecule has 0 bridgehead atoms. The molecule has 9 heteroatoms. The molecule has 4 rings (SSSR count). The molecule has 0 aliphatic heterocycles. The van der Waals surface area contributed by atoms with Crippen molar-refractivity contribution in [3.8, 4) is 5.75 Å². The summed E-state index contributed by atoms with van der Waals surface area (Å²) < 4.78 is 32.6. The monoisotopic (exact) mass is 605 g/mol. The van der Waals surface area contributed by atoms with E-state index in [0.717, 1.165) is 59.4 Å². The van der Waals surface area contributed by atoms with Crippen LogP contribution in [0.25, 0.3) is 0 Å². The lowest BCUT2D eigenvalue weighted by molar-refractivity contribution is -0.140. The second kappa shape index (κ2) is 15.0. The first kappa shape index (κ1) is 32.1. The third-order valence-corrected chi connectivity index (χ3v) is 8.91. The molecule has 1 N–H and O–H groups in total. The standard InChI is InChI=1S/C34H43N3O5S/c1-4-42-31-20-18-30(19-21-31)37(43(3,40)41)25-33(38)36(24-28-15-11-12-26(2)22-28)32(23-27-13-7-5-8-14-27)34(39)35-29-16-9-6-10-17-29/h5,7-8,11-15,18-22,29,32H,4,6,9-10,16-17,23-25H2,1-3H3,(H,35,39). The number of benzene rings is 3. The average molecular weight is 606 g/mol. The summed E-state index contributed by atoms with van der Waals surface area (Å²) in [5.74, 6) is -0.0707. The topological polar surface area (TPSA) is 96.0 Å². The number of anilines is 1. The summed E-state index contributed by atoms with van der Waals surface area (Å²) in [7, 11) is -3.83. The van der Waals surface area contributed by atoms with Crippen molar-refractivity contribution in [1.29, 1.82) is 0 Å². The van der Waals surface area contributed by atoms with Crippen LogP contribution in [0, 0.1) is 6.92 Å². The van der Waals surface area contributed by atoms with E-state index in [1.54, 1.807) is 29.2 Å². The van der Waals surface area contributed by atoms with Gasteiger partial charge >= 0.3 is 0 Å². The van der Waals surface area contributed by atoms with Crippen molar-refractivity contribution in [2.75, 3.05) is 23.7 Å². The maximum Gasteiger partial charge on any atom is 0.244 e. The van der Waals surface area contributed by atoms with Crippen molar-refractivity contribution < 1.29 is 22.7 Å². The number of amides is 2. The molecule has 0 spiro atoms. The molecule has 0 saturated heterocycles. The van der Waals surface area contributed by atoms with Gasteiger partial charge in [-0.15, -0.1) is 0 Å². The van der Waals surface area contributed by atoms with Crippen LogP contribution in [0.5, 0.6) is 5.75 Å². The van der Waals surface area contributed by atoms with Crippen molar-refractivity contribution >= 4 is 27.5 Å². The Hall–Kier alpha value is -3.85. The fourth-order valence-corrected chi connectivity index (χ4v) is 6.44. The van der Waals surface area contributed by atoms with Gasteiger partial charge in [-0.1, -0.05) is 79.4 Å². The highest BCUT2D eigenvalue weighted by Gasteiger charge is 2.34. The third kappa shape index (κ3) is 9.32. The molecule has 8 nitrogen and oxygen atoms in total. The lowest BCUT2D eigenvalue weighted by Crippen LogP contribution is -2.55. The molecule has 1 fully saturated rings. The zero-order valence-electron chi connectivity index (χ0n) is 25.4. The predicted octanol–water partition coefficient (Wildman–Crippen LogP) is 5.25. The molecule has 3 aromatic rings. The number of aryl methyl sites for hydroxylation is 1. The Kier molecular flexibility index (Phi) is 11.2. The van der Waals surface area contributed by atoms with E-state index in [2.05, 4.69) is 5.32 Å². The van der Waals surface area contributed by atoms with E-state index >= 15 is 0 Å². The van der Waals surface area contributed by atoms with Crippen molar-refractivity contribution in [2.45, 2.75) is 71.0 Å². The van der Waals surface area contributed by atoms with Gasteiger partial charge in [-0.2, -0.15) is 0 Å². The number of ether oxygens (including phenoxy) is 1. The van der Waals surface area contributed by atoms with Crippen molar-refractivity contribution in [3.05, 3.63) is 95.6 Å². The minimum absolute atomic E-state index is 0.0619. The average Bonchev–Trinajstić information content (AvgIpc) is 2.99. The van der Waals surface area contributed by atoms with Gasteiger partial charge in [0.05, 0.1) is 18.6 Å². The predicted molar refractivity (Wildman–Crippen MR) is 170 cm³/mol. The molecular weight excluding hydrogens is 562 g/mol. The van der Waals surface area contributed by atoms with Crippen LogP contribution in [0.15, 0.2) is 78.9 Å². The molecule has 1 aliphatic carbocycles. The molecule has 1 unspecified atom stereocenters. The van der Waals surface area contributed by atoms with Gasteiger partial charge in [0.2, 0.25) is 21.8 Å². The minimum atomic E-state index is -3.83. The number of nitrogens with one attached hydrogen (secondary N) is 1. The zero-order chi connectivity index (χ0) is 30.8. The Bertz CT molecular complexity index is 1450. The quantitative estimate of drug-likeness (QED) is 0.287. The summed E-state index contributed by atoms with van der Waals surface area (Å²) >= 11 is 0. The summed E-state index contributed by atoms with van der Waals surface area (Å²) in [5.41, 5.74) is 3.16. The molecule has 1 aliphatic rings. The van der Waals surface area contributed by atoms with Crippen LogP contribution in [0.4, 0.5) is 5.69 Å². The number of hydrogen-bond donors (Lipinski definition) is 1. The normalized spacial score (nSPS) is 14.5. The smallest absolute Gasteiger partial charge is 0.244 e. The van der Waals surface area contributed by atoms with Crippen molar-refractivity contribution in [3.63, 3.8) is 0 Å². The zero-order valence-corrected chi connectivity index (χ0v) is 26.2. The molecule has 230 valence electrons. The number of hydrogen-bond acceptors (Lipinski definition) is 5. The van der Waals surface area contributed by atoms with Gasteiger partial charge in [0.1, 0.15) is 18.3 Å². The first-order valence-corrected chi connectivity index (χ1v) is 16.9. The Balaban J connectivity index is 1.70. The number of sulfonamides is 1. The maximum atomic E-state index is 14.3. The van der Waals surface area contributed by atoms with Gasteiger partial charge in [0.15, 0.2) is 0 Å². The number of carbonyl (C=O) groups excluding carboxylic acids is 2. The first-order chi connectivity index (χ1) is 20.6. The molecule has 0 heterocycles. The lowest BCUT2D eigenvalue weighted by atomic mass is 9.94. The van der Waals surface area contributed by atoms with Crippen LogP contribution < -0.4 is 14.4 Å². The lowest BCUT2D eigenvalue weighted by Gasteiger charge is -2.35. The van der Waals surface area contributed by atoms with Gasteiger partial charge in [-0.05, 0) is 62.1 Å². The Morgan fingerprint density at radius 3 is 2.23 bits per heavy atom. The highest BCUT2D eigenvalue weighted by Crippen LogP contribution is 2.24. The second-order valence-electron chi connectivity index (χ2n) is 11.3. The largest absolute Gasteiger partial charge is 0.494 e. The van der Waals surface area contributed by atoms with Crippen molar-refractivity contribution in [1.82, 2.24) is 10.2 Å². The fraction of sp³-hybridized carbons (Fsp3) is 0.412. The molecule has 1 saturated carbocycles. The molecule has 43 heavy (non-hydrogen) atoms.